The lowest BCUT2D eigenvalue weighted by Gasteiger charge is -2.23. The second-order valence-corrected chi connectivity index (χ2v) is 5.82. The molecular formula is C17H20F2N4. The zero-order chi connectivity index (χ0) is 16.6. The number of nitrogens with two attached hydrogens (primary N) is 2. The first-order valence-corrected chi connectivity index (χ1v) is 7.63. The smallest absolute Gasteiger partial charge is 0.156 e. The molecule has 0 amide bonds. The molecule has 1 fully saturated rings. The molecule has 4 N–H and O–H groups in total. The number of nitrogen functional groups attached to an aromatic ring is 1. The second-order valence-electron chi connectivity index (χ2n) is 5.82. The Hall–Kier alpha value is -2.34. The minimum Gasteiger partial charge on any atom is -0.397 e. The molecule has 4 nitrogen and oxygen atoms in total. The molecule has 2 aromatic carbocycles. The molecular weight excluding hydrogens is 298 g/mol. The summed E-state index contributed by atoms with van der Waals surface area (Å²) in [5, 5.41) is 1.16. The topological polar surface area (TPSA) is 58.5 Å². The van der Waals surface area contributed by atoms with Crippen molar-refractivity contribution in [2.75, 3.05) is 28.7 Å². The van der Waals surface area contributed by atoms with Crippen molar-refractivity contribution in [1.29, 1.82) is 0 Å². The minimum absolute atomic E-state index is 0.0159. The number of rotatable bonds is 3. The molecule has 0 unspecified atom stereocenters. The molecule has 1 aliphatic rings. The van der Waals surface area contributed by atoms with Crippen LogP contribution in [0.3, 0.4) is 0 Å². The third kappa shape index (κ3) is 2.82. The Labute approximate surface area is 134 Å². The summed E-state index contributed by atoms with van der Waals surface area (Å²) in [6, 6.07) is 8.61. The fraction of sp³-hybridized carbons (Fsp3) is 0.294. The highest BCUT2D eigenvalue weighted by molar-refractivity contribution is 5.76. The molecule has 0 saturated carbocycles. The van der Waals surface area contributed by atoms with Crippen LogP contribution in [0.1, 0.15) is 18.4 Å². The SMILES string of the molecule is Cc1c(F)cc(N)c(N(N)c2ccc(N3CCCC3)cc2)c1F. The average Bonchev–Trinajstić information content (AvgIpc) is 3.07. The maximum Gasteiger partial charge on any atom is 0.156 e. The molecule has 1 aliphatic heterocycles. The van der Waals surface area contributed by atoms with Crippen molar-refractivity contribution in [3.05, 3.63) is 47.5 Å². The Morgan fingerprint density at radius 1 is 1.09 bits per heavy atom. The van der Waals surface area contributed by atoms with Crippen LogP contribution in [-0.2, 0) is 0 Å². The van der Waals surface area contributed by atoms with Gasteiger partial charge in [-0.1, -0.05) is 0 Å². The van der Waals surface area contributed by atoms with E-state index in [1.165, 1.54) is 19.8 Å². The zero-order valence-electron chi connectivity index (χ0n) is 13.0. The van der Waals surface area contributed by atoms with Gasteiger partial charge in [-0.2, -0.15) is 0 Å². The molecule has 0 spiro atoms. The first-order valence-electron chi connectivity index (χ1n) is 7.63. The molecule has 6 heteroatoms. The van der Waals surface area contributed by atoms with Gasteiger partial charge in [0.05, 0.1) is 11.4 Å². The number of hydrogen-bond acceptors (Lipinski definition) is 4. The highest BCUT2D eigenvalue weighted by Gasteiger charge is 2.19. The van der Waals surface area contributed by atoms with Gasteiger partial charge in [0.25, 0.3) is 0 Å². The average molecular weight is 318 g/mol. The van der Waals surface area contributed by atoms with Gasteiger partial charge in [-0.25, -0.2) is 14.6 Å². The highest BCUT2D eigenvalue weighted by Crippen LogP contribution is 2.34. The van der Waals surface area contributed by atoms with Gasteiger partial charge in [0.2, 0.25) is 0 Å². The zero-order valence-corrected chi connectivity index (χ0v) is 13.0. The predicted molar refractivity (Wildman–Crippen MR) is 89.7 cm³/mol. The third-order valence-electron chi connectivity index (χ3n) is 4.29. The molecule has 0 radical (unpaired) electrons. The predicted octanol–water partition coefficient (Wildman–Crippen LogP) is 3.47. The van der Waals surface area contributed by atoms with Gasteiger partial charge in [0.1, 0.15) is 11.5 Å². The molecule has 2 aromatic rings. The molecule has 0 aromatic heterocycles. The van der Waals surface area contributed by atoms with E-state index in [0.29, 0.717) is 5.69 Å². The van der Waals surface area contributed by atoms with Gasteiger partial charge >= 0.3 is 0 Å². The maximum atomic E-state index is 14.3. The van der Waals surface area contributed by atoms with Crippen LogP contribution in [0.25, 0.3) is 0 Å². The molecule has 1 saturated heterocycles. The fourth-order valence-corrected chi connectivity index (χ4v) is 2.90. The van der Waals surface area contributed by atoms with Crippen LogP contribution in [0.5, 0.6) is 0 Å². The van der Waals surface area contributed by atoms with Crippen molar-refractivity contribution in [2.45, 2.75) is 19.8 Å². The Morgan fingerprint density at radius 3 is 2.30 bits per heavy atom. The van der Waals surface area contributed by atoms with Crippen molar-refractivity contribution in [1.82, 2.24) is 0 Å². The Bertz CT molecular complexity index is 710. The number of hydrazine groups is 1. The van der Waals surface area contributed by atoms with Crippen LogP contribution in [0, 0.1) is 18.6 Å². The highest BCUT2D eigenvalue weighted by atomic mass is 19.1. The van der Waals surface area contributed by atoms with Gasteiger partial charge in [-0.05, 0) is 50.1 Å². The Morgan fingerprint density at radius 2 is 1.70 bits per heavy atom. The van der Waals surface area contributed by atoms with E-state index in [0.717, 1.165) is 29.9 Å². The summed E-state index contributed by atoms with van der Waals surface area (Å²) in [5.41, 5.74) is 7.31. The molecule has 0 bridgehead atoms. The quantitative estimate of drug-likeness (QED) is 0.517. The summed E-state index contributed by atoms with van der Waals surface area (Å²) < 4.78 is 27.9. The summed E-state index contributed by atoms with van der Waals surface area (Å²) in [4.78, 5) is 2.29. The van der Waals surface area contributed by atoms with Crippen LogP contribution in [0.4, 0.5) is 31.5 Å². The largest absolute Gasteiger partial charge is 0.397 e. The lowest BCUT2D eigenvalue weighted by molar-refractivity contribution is 0.569. The van der Waals surface area contributed by atoms with E-state index in [4.69, 9.17) is 11.6 Å². The van der Waals surface area contributed by atoms with Crippen molar-refractivity contribution >= 4 is 22.7 Å². The standard InChI is InChI=1S/C17H20F2N4/c1-11-14(18)10-15(20)17(16(11)19)23(21)13-6-4-12(5-7-13)22-8-2-3-9-22/h4-7,10H,2-3,8-9,20-21H2,1H3. The summed E-state index contributed by atoms with van der Waals surface area (Å²) >= 11 is 0. The van der Waals surface area contributed by atoms with Crippen LogP contribution >= 0.6 is 0 Å². The first kappa shape index (κ1) is 15.6. The molecule has 3 rings (SSSR count). The number of halogens is 2. The Balaban J connectivity index is 1.91. The van der Waals surface area contributed by atoms with Crippen LogP contribution in [0.2, 0.25) is 0 Å². The van der Waals surface area contributed by atoms with Crippen molar-refractivity contribution in [3.63, 3.8) is 0 Å². The van der Waals surface area contributed by atoms with E-state index in [1.54, 1.807) is 0 Å². The van der Waals surface area contributed by atoms with Gasteiger partial charge in [0.15, 0.2) is 5.82 Å². The van der Waals surface area contributed by atoms with Gasteiger partial charge < -0.3 is 10.6 Å². The van der Waals surface area contributed by atoms with Crippen molar-refractivity contribution < 1.29 is 8.78 Å². The van der Waals surface area contributed by atoms with Crippen LogP contribution in [-0.4, -0.2) is 13.1 Å². The second kappa shape index (κ2) is 6.04. The van der Waals surface area contributed by atoms with Gasteiger partial charge in [0, 0.05) is 24.3 Å². The Kier molecular flexibility index (Phi) is 4.09. The van der Waals surface area contributed by atoms with E-state index >= 15 is 0 Å². The summed E-state index contributed by atoms with van der Waals surface area (Å²) in [7, 11) is 0. The summed E-state index contributed by atoms with van der Waals surface area (Å²) in [6.45, 7) is 3.45. The van der Waals surface area contributed by atoms with E-state index in [9.17, 15) is 8.78 Å². The summed E-state index contributed by atoms with van der Waals surface area (Å²) in [6.07, 6.45) is 2.39. The van der Waals surface area contributed by atoms with E-state index in [2.05, 4.69) is 4.90 Å². The fourth-order valence-electron chi connectivity index (χ4n) is 2.90. The van der Waals surface area contributed by atoms with E-state index in [1.807, 2.05) is 24.3 Å². The van der Waals surface area contributed by atoms with E-state index < -0.39 is 11.6 Å². The molecule has 122 valence electrons. The number of hydrogen-bond donors (Lipinski definition) is 2. The van der Waals surface area contributed by atoms with Gasteiger partial charge in [-0.3, -0.25) is 5.01 Å². The van der Waals surface area contributed by atoms with Gasteiger partial charge in [-0.15, -0.1) is 0 Å². The maximum absolute atomic E-state index is 14.3. The molecule has 1 heterocycles. The monoisotopic (exact) mass is 318 g/mol. The third-order valence-corrected chi connectivity index (χ3v) is 4.29. The lowest BCUT2D eigenvalue weighted by atomic mass is 10.1. The number of nitrogens with zero attached hydrogens (tertiary/aromatic N) is 2. The number of anilines is 4. The normalized spacial score (nSPS) is 14.3. The van der Waals surface area contributed by atoms with Crippen molar-refractivity contribution in [2.24, 2.45) is 5.84 Å². The number of benzene rings is 2. The van der Waals surface area contributed by atoms with E-state index in [-0.39, 0.29) is 16.9 Å². The lowest BCUT2D eigenvalue weighted by Crippen LogP contribution is -2.27. The summed E-state index contributed by atoms with van der Waals surface area (Å²) in [5.74, 6) is 4.60. The van der Waals surface area contributed by atoms with Crippen LogP contribution in [0.15, 0.2) is 30.3 Å². The van der Waals surface area contributed by atoms with Crippen molar-refractivity contribution in [3.8, 4) is 0 Å². The molecule has 0 aliphatic carbocycles. The molecule has 23 heavy (non-hydrogen) atoms. The van der Waals surface area contributed by atoms with Crippen LogP contribution < -0.4 is 21.5 Å². The molecule has 0 atom stereocenters. The first-order chi connectivity index (χ1) is 11.0. The minimum atomic E-state index is -0.742.